The summed E-state index contributed by atoms with van der Waals surface area (Å²) in [6.45, 7) is 0.176. The topological polar surface area (TPSA) is 66.4 Å². The summed E-state index contributed by atoms with van der Waals surface area (Å²) in [5.74, 6) is 1.52. The van der Waals surface area contributed by atoms with E-state index in [1.165, 1.54) is 12.8 Å². The van der Waals surface area contributed by atoms with Crippen LogP contribution in [0.1, 0.15) is 32.1 Å². The first kappa shape index (κ1) is 11.2. The van der Waals surface area contributed by atoms with Crippen molar-refractivity contribution in [1.29, 1.82) is 0 Å². The van der Waals surface area contributed by atoms with Crippen molar-refractivity contribution in [3.63, 3.8) is 0 Å². The molecule has 4 nitrogen and oxygen atoms in total. The van der Waals surface area contributed by atoms with Crippen LogP contribution in [-0.4, -0.2) is 29.4 Å². The number of aliphatic hydroxyl groups excluding tert-OH is 1. The Morgan fingerprint density at radius 1 is 1.29 bits per heavy atom. The van der Waals surface area contributed by atoms with Crippen LogP contribution in [0.3, 0.4) is 0 Å². The number of hydrogen-bond donors (Lipinski definition) is 2. The van der Waals surface area contributed by atoms with Gasteiger partial charge in [-0.1, -0.05) is 0 Å². The van der Waals surface area contributed by atoms with Crippen LogP contribution in [-0.2, 0) is 9.59 Å². The highest BCUT2D eigenvalue weighted by Crippen LogP contribution is 2.48. The van der Waals surface area contributed by atoms with Gasteiger partial charge < -0.3 is 10.4 Å². The van der Waals surface area contributed by atoms with Gasteiger partial charge in [-0.15, -0.1) is 0 Å². The van der Waals surface area contributed by atoms with E-state index in [1.807, 2.05) is 0 Å². The predicted octanol–water partition coefficient (Wildman–Crippen LogP) is 0.489. The van der Waals surface area contributed by atoms with Crippen molar-refractivity contribution in [2.75, 3.05) is 6.61 Å². The van der Waals surface area contributed by atoms with E-state index in [-0.39, 0.29) is 36.2 Å². The average molecular weight is 237 g/mol. The fraction of sp³-hybridized carbons (Fsp3) is 0.846. The Hall–Kier alpha value is -0.900. The second-order valence-electron chi connectivity index (χ2n) is 5.86. The third-order valence-corrected chi connectivity index (χ3v) is 4.93. The van der Waals surface area contributed by atoms with Crippen LogP contribution in [0.2, 0.25) is 0 Å². The van der Waals surface area contributed by atoms with Gasteiger partial charge in [-0.2, -0.15) is 0 Å². The van der Waals surface area contributed by atoms with Crippen LogP contribution in [0.25, 0.3) is 0 Å². The molecule has 4 atom stereocenters. The average Bonchev–Trinajstić information content (AvgIpc) is 2.85. The van der Waals surface area contributed by atoms with Crippen LogP contribution in [0.15, 0.2) is 0 Å². The quantitative estimate of drug-likeness (QED) is 0.750. The number of ketones is 1. The monoisotopic (exact) mass is 237 g/mol. The van der Waals surface area contributed by atoms with Crippen LogP contribution in [0.4, 0.5) is 0 Å². The number of Topliss-reactive ketones (excluding diaryl/α,β-unsaturated/α-hetero) is 1. The highest BCUT2D eigenvalue weighted by atomic mass is 16.3. The highest BCUT2D eigenvalue weighted by molar-refractivity contribution is 5.96. The van der Waals surface area contributed by atoms with Crippen molar-refractivity contribution in [1.82, 2.24) is 5.32 Å². The number of carbonyl (C=O) groups is 2. The van der Waals surface area contributed by atoms with Crippen molar-refractivity contribution < 1.29 is 14.7 Å². The molecular formula is C13H19NO3. The summed E-state index contributed by atoms with van der Waals surface area (Å²) in [6, 6.07) is 0.155. The Labute approximate surface area is 101 Å². The van der Waals surface area contributed by atoms with Crippen molar-refractivity contribution in [2.24, 2.45) is 23.7 Å². The second kappa shape index (κ2) is 4.09. The normalized spacial score (nSPS) is 40.4. The van der Waals surface area contributed by atoms with E-state index in [2.05, 4.69) is 5.32 Å². The van der Waals surface area contributed by atoms with Gasteiger partial charge in [0.25, 0.3) is 0 Å². The Kier molecular flexibility index (Phi) is 2.69. The first-order valence-corrected chi connectivity index (χ1v) is 6.62. The van der Waals surface area contributed by atoms with E-state index in [1.54, 1.807) is 0 Å². The lowest BCUT2D eigenvalue weighted by Gasteiger charge is -2.33. The number of aliphatic hydroxyl groups is 1. The van der Waals surface area contributed by atoms with Gasteiger partial charge in [-0.25, -0.2) is 0 Å². The molecule has 2 N–H and O–H groups in total. The first-order chi connectivity index (χ1) is 8.19. The molecule has 17 heavy (non-hydrogen) atoms. The van der Waals surface area contributed by atoms with Crippen molar-refractivity contribution in [2.45, 2.75) is 38.1 Å². The maximum absolute atomic E-state index is 11.9. The van der Waals surface area contributed by atoms with E-state index in [9.17, 15) is 14.7 Å². The van der Waals surface area contributed by atoms with Gasteiger partial charge >= 0.3 is 0 Å². The zero-order valence-electron chi connectivity index (χ0n) is 9.89. The Morgan fingerprint density at radius 3 is 2.65 bits per heavy atom. The van der Waals surface area contributed by atoms with E-state index in [0.717, 1.165) is 6.42 Å². The zero-order chi connectivity index (χ0) is 12.0. The van der Waals surface area contributed by atoms with Gasteiger partial charge in [-0.3, -0.25) is 9.59 Å². The molecule has 0 aromatic carbocycles. The Balaban J connectivity index is 1.61. The third-order valence-electron chi connectivity index (χ3n) is 4.93. The SMILES string of the molecule is O=C1CC(C(=O)NC2C3CCC(C3)C2CO)C1. The standard InChI is InChI=1S/C13H19NO3/c15-6-11-7-1-2-8(3-7)12(11)14-13(17)9-4-10(16)5-9/h7-9,11-12,15H,1-6H2,(H,14,17). The summed E-state index contributed by atoms with van der Waals surface area (Å²) < 4.78 is 0. The summed E-state index contributed by atoms with van der Waals surface area (Å²) in [5, 5.41) is 12.5. The van der Waals surface area contributed by atoms with E-state index in [0.29, 0.717) is 24.7 Å². The molecule has 3 rings (SSSR count). The van der Waals surface area contributed by atoms with Gasteiger partial charge in [0.2, 0.25) is 5.91 Å². The molecule has 2 bridgehead atoms. The summed E-state index contributed by atoms with van der Waals surface area (Å²) in [4.78, 5) is 22.8. The van der Waals surface area contributed by atoms with Gasteiger partial charge in [0.15, 0.2) is 0 Å². The van der Waals surface area contributed by atoms with Gasteiger partial charge in [0.1, 0.15) is 5.78 Å². The molecule has 0 aliphatic heterocycles. The van der Waals surface area contributed by atoms with Gasteiger partial charge in [-0.05, 0) is 31.1 Å². The highest BCUT2D eigenvalue weighted by Gasteiger charge is 2.48. The third kappa shape index (κ3) is 1.79. The smallest absolute Gasteiger partial charge is 0.224 e. The van der Waals surface area contributed by atoms with Crippen LogP contribution in [0, 0.1) is 23.7 Å². The molecule has 3 fully saturated rings. The molecule has 0 aromatic heterocycles. The number of amides is 1. The lowest BCUT2D eigenvalue weighted by Crippen LogP contribution is -2.49. The molecule has 0 saturated heterocycles. The summed E-state index contributed by atoms with van der Waals surface area (Å²) in [5.41, 5.74) is 0. The van der Waals surface area contributed by atoms with E-state index >= 15 is 0 Å². The molecule has 4 unspecified atom stereocenters. The first-order valence-electron chi connectivity index (χ1n) is 6.62. The summed E-state index contributed by atoms with van der Waals surface area (Å²) in [7, 11) is 0. The molecule has 0 spiro atoms. The van der Waals surface area contributed by atoms with Crippen molar-refractivity contribution >= 4 is 11.7 Å². The number of nitrogens with one attached hydrogen (secondary N) is 1. The van der Waals surface area contributed by atoms with Crippen LogP contribution in [0.5, 0.6) is 0 Å². The van der Waals surface area contributed by atoms with Crippen molar-refractivity contribution in [3.8, 4) is 0 Å². The number of fused-ring (bicyclic) bond motifs is 2. The molecule has 0 heterocycles. The molecular weight excluding hydrogens is 218 g/mol. The number of carbonyl (C=O) groups excluding carboxylic acids is 2. The number of rotatable bonds is 3. The molecule has 3 aliphatic carbocycles. The molecule has 1 amide bonds. The minimum atomic E-state index is -0.0963. The predicted molar refractivity (Wildman–Crippen MR) is 61.1 cm³/mol. The van der Waals surface area contributed by atoms with Crippen LogP contribution < -0.4 is 5.32 Å². The second-order valence-corrected chi connectivity index (χ2v) is 5.86. The Morgan fingerprint density at radius 2 is 2.00 bits per heavy atom. The summed E-state index contributed by atoms with van der Waals surface area (Å²) >= 11 is 0. The fourth-order valence-electron chi connectivity index (χ4n) is 3.86. The molecule has 3 aliphatic rings. The molecule has 94 valence electrons. The van der Waals surface area contributed by atoms with Crippen molar-refractivity contribution in [3.05, 3.63) is 0 Å². The zero-order valence-corrected chi connectivity index (χ0v) is 9.89. The Bertz CT molecular complexity index is 347. The van der Waals surface area contributed by atoms with E-state index in [4.69, 9.17) is 0 Å². The molecule has 3 saturated carbocycles. The van der Waals surface area contributed by atoms with Gasteiger partial charge in [0, 0.05) is 31.4 Å². The van der Waals surface area contributed by atoms with Gasteiger partial charge in [0.05, 0.1) is 5.92 Å². The minimum absolute atomic E-state index is 0.0283. The molecule has 0 aromatic rings. The largest absolute Gasteiger partial charge is 0.396 e. The lowest BCUT2D eigenvalue weighted by molar-refractivity contribution is -0.138. The minimum Gasteiger partial charge on any atom is -0.396 e. The summed E-state index contributed by atoms with van der Waals surface area (Å²) in [6.07, 6.45) is 4.35. The lowest BCUT2D eigenvalue weighted by atomic mass is 9.81. The maximum Gasteiger partial charge on any atom is 0.224 e. The molecule has 0 radical (unpaired) electrons. The maximum atomic E-state index is 11.9. The van der Waals surface area contributed by atoms with Crippen LogP contribution >= 0.6 is 0 Å². The fourth-order valence-corrected chi connectivity index (χ4v) is 3.86. The molecule has 4 heteroatoms. The van der Waals surface area contributed by atoms with E-state index < -0.39 is 0 Å². The number of hydrogen-bond acceptors (Lipinski definition) is 3.